The number of halogens is 4. The second kappa shape index (κ2) is 10.3. The van der Waals surface area contributed by atoms with E-state index in [0.717, 1.165) is 30.9 Å². The third-order valence-corrected chi connectivity index (χ3v) is 7.93. The minimum atomic E-state index is -4.57. The zero-order valence-electron chi connectivity index (χ0n) is 20.1. The highest BCUT2D eigenvalue weighted by Gasteiger charge is 2.48. The van der Waals surface area contributed by atoms with Gasteiger partial charge in [0.1, 0.15) is 0 Å². The van der Waals surface area contributed by atoms with Crippen LogP contribution in [0.2, 0.25) is 5.02 Å². The molecular formula is C28H29ClF3NO3. The molecule has 1 saturated carbocycles. The average molecular weight is 520 g/mol. The van der Waals surface area contributed by atoms with Crippen molar-refractivity contribution in [3.8, 4) is 0 Å². The lowest BCUT2D eigenvalue weighted by atomic mass is 9.69. The minimum Gasteiger partial charge on any atom is -0.481 e. The molecule has 8 heteroatoms. The number of aliphatic carboxylic acids is 1. The third-order valence-electron chi connectivity index (χ3n) is 7.60. The number of carboxylic acid groups (broad SMARTS) is 1. The maximum atomic E-state index is 14.0. The van der Waals surface area contributed by atoms with Gasteiger partial charge in [-0.2, -0.15) is 13.2 Å². The van der Waals surface area contributed by atoms with Crippen LogP contribution in [-0.2, 0) is 9.59 Å². The Labute approximate surface area is 213 Å². The van der Waals surface area contributed by atoms with Crippen LogP contribution >= 0.6 is 11.6 Å². The van der Waals surface area contributed by atoms with Crippen molar-refractivity contribution in [3.63, 3.8) is 0 Å². The maximum absolute atomic E-state index is 14.0. The zero-order chi connectivity index (χ0) is 26.2. The number of allylic oxidation sites excluding steroid dienone is 1. The number of alkyl halides is 3. The molecule has 4 rings (SSSR count). The maximum Gasteiger partial charge on any atom is 0.392 e. The first-order valence-corrected chi connectivity index (χ1v) is 12.5. The number of rotatable bonds is 8. The fourth-order valence-electron chi connectivity index (χ4n) is 5.36. The van der Waals surface area contributed by atoms with E-state index in [1.165, 1.54) is 0 Å². The van der Waals surface area contributed by atoms with Crippen LogP contribution in [0.3, 0.4) is 0 Å². The van der Waals surface area contributed by atoms with Crippen molar-refractivity contribution in [1.82, 2.24) is 0 Å². The molecule has 4 nitrogen and oxygen atoms in total. The number of benzene rings is 2. The predicted molar refractivity (Wildman–Crippen MR) is 134 cm³/mol. The van der Waals surface area contributed by atoms with E-state index in [4.69, 9.17) is 11.6 Å². The van der Waals surface area contributed by atoms with E-state index in [2.05, 4.69) is 5.32 Å². The number of carboxylic acids is 1. The number of carbonyl (C=O) groups excluding carboxylic acids is 1. The van der Waals surface area contributed by atoms with Gasteiger partial charge < -0.3 is 10.4 Å². The van der Waals surface area contributed by atoms with Crippen molar-refractivity contribution in [2.24, 2.45) is 23.7 Å². The molecule has 2 aliphatic carbocycles. The van der Waals surface area contributed by atoms with Gasteiger partial charge in [0.15, 0.2) is 0 Å². The van der Waals surface area contributed by atoms with Crippen molar-refractivity contribution >= 4 is 35.2 Å². The van der Waals surface area contributed by atoms with Gasteiger partial charge in [-0.05, 0) is 65.3 Å². The van der Waals surface area contributed by atoms with Crippen molar-refractivity contribution < 1.29 is 27.9 Å². The molecule has 1 fully saturated rings. The highest BCUT2D eigenvalue weighted by atomic mass is 35.5. The number of hydrogen-bond acceptors (Lipinski definition) is 2. The SMILES string of the molecule is CC1c2ccccc2C=CC1[C@@H](C(=O)Nc1cc([C@@H](CC(=O)O)C2CC2)ccc1Cl)[C@@H](C)C(F)(F)F. The van der Waals surface area contributed by atoms with Crippen molar-refractivity contribution in [2.75, 3.05) is 5.32 Å². The second-order valence-corrected chi connectivity index (χ2v) is 10.4. The molecule has 36 heavy (non-hydrogen) atoms. The smallest absolute Gasteiger partial charge is 0.392 e. The van der Waals surface area contributed by atoms with Crippen LogP contribution in [0.25, 0.3) is 6.08 Å². The van der Waals surface area contributed by atoms with Crippen LogP contribution in [0.4, 0.5) is 18.9 Å². The van der Waals surface area contributed by atoms with Crippen LogP contribution in [0.15, 0.2) is 48.5 Å². The van der Waals surface area contributed by atoms with Crippen LogP contribution in [0.5, 0.6) is 0 Å². The molecule has 5 atom stereocenters. The molecule has 2 aromatic carbocycles. The Hall–Kier alpha value is -2.80. The topological polar surface area (TPSA) is 66.4 Å². The number of fused-ring (bicyclic) bond motifs is 1. The standard InChI is InChI=1S/C28H29ClF3NO3/c1-15-20-6-4-3-5-17(20)9-11-21(15)26(16(2)28(30,31)32)27(36)33-24-13-19(10-12-23(24)29)22(14-25(34)35)18-7-8-18/h3-6,9-13,15-16,18,21-22,26H,7-8,14H2,1-2H3,(H,33,36)(H,34,35)/t15?,16-,21?,22+,26+/m1/s1. The van der Waals surface area contributed by atoms with Gasteiger partial charge in [-0.1, -0.05) is 67.9 Å². The molecule has 0 bridgehead atoms. The number of nitrogens with one attached hydrogen (secondary N) is 1. The number of hydrogen-bond donors (Lipinski definition) is 2. The summed E-state index contributed by atoms with van der Waals surface area (Å²) in [5, 5.41) is 12.2. The quantitative estimate of drug-likeness (QED) is 0.379. The molecule has 2 N–H and O–H groups in total. The summed E-state index contributed by atoms with van der Waals surface area (Å²) in [7, 11) is 0. The molecule has 192 valence electrons. The zero-order valence-corrected chi connectivity index (χ0v) is 20.8. The molecule has 0 spiro atoms. The summed E-state index contributed by atoms with van der Waals surface area (Å²) in [5.74, 6) is -5.95. The van der Waals surface area contributed by atoms with Crippen LogP contribution in [-0.4, -0.2) is 23.2 Å². The Balaban J connectivity index is 1.65. The van der Waals surface area contributed by atoms with Gasteiger partial charge >= 0.3 is 12.1 Å². The summed E-state index contributed by atoms with van der Waals surface area (Å²) >= 11 is 6.33. The molecule has 2 aromatic rings. The Morgan fingerprint density at radius 3 is 2.50 bits per heavy atom. The molecule has 0 saturated heterocycles. The van der Waals surface area contributed by atoms with Gasteiger partial charge in [0.25, 0.3) is 0 Å². The summed E-state index contributed by atoms with van der Waals surface area (Å²) in [6, 6.07) is 12.4. The second-order valence-electron chi connectivity index (χ2n) is 9.98. The van der Waals surface area contributed by atoms with Crippen molar-refractivity contribution in [1.29, 1.82) is 0 Å². The molecule has 2 unspecified atom stereocenters. The van der Waals surface area contributed by atoms with E-state index in [1.807, 2.05) is 31.2 Å². The fraction of sp³-hybridized carbons (Fsp3) is 0.429. The van der Waals surface area contributed by atoms with Gasteiger partial charge in [0.2, 0.25) is 5.91 Å². The summed E-state index contributed by atoms with van der Waals surface area (Å²) in [4.78, 5) is 24.9. The van der Waals surface area contributed by atoms with E-state index in [0.29, 0.717) is 5.56 Å². The lowest BCUT2D eigenvalue weighted by Crippen LogP contribution is -2.42. The highest BCUT2D eigenvalue weighted by Crippen LogP contribution is 2.47. The molecule has 0 radical (unpaired) electrons. The van der Waals surface area contributed by atoms with Crippen molar-refractivity contribution in [2.45, 2.75) is 51.1 Å². The summed E-state index contributed by atoms with van der Waals surface area (Å²) < 4.78 is 41.9. The van der Waals surface area contributed by atoms with E-state index >= 15 is 0 Å². The summed E-state index contributed by atoms with van der Waals surface area (Å²) in [6.45, 7) is 2.88. The fourth-order valence-corrected chi connectivity index (χ4v) is 5.53. The molecule has 1 amide bonds. The average Bonchev–Trinajstić information content (AvgIpc) is 3.65. The Morgan fingerprint density at radius 2 is 1.86 bits per heavy atom. The Bertz CT molecular complexity index is 1170. The first-order chi connectivity index (χ1) is 17.0. The van der Waals surface area contributed by atoms with E-state index in [1.54, 1.807) is 30.4 Å². The third kappa shape index (κ3) is 5.61. The van der Waals surface area contributed by atoms with Gasteiger partial charge in [-0.3, -0.25) is 9.59 Å². The van der Waals surface area contributed by atoms with Gasteiger partial charge in [-0.15, -0.1) is 0 Å². The number of carbonyl (C=O) groups is 2. The monoisotopic (exact) mass is 519 g/mol. The number of amides is 1. The van der Waals surface area contributed by atoms with E-state index in [9.17, 15) is 27.9 Å². The summed E-state index contributed by atoms with van der Waals surface area (Å²) in [6.07, 6.45) is 0.687. The van der Waals surface area contributed by atoms with Crippen LogP contribution < -0.4 is 5.32 Å². The van der Waals surface area contributed by atoms with E-state index in [-0.39, 0.29) is 34.9 Å². The highest BCUT2D eigenvalue weighted by molar-refractivity contribution is 6.33. The Kier molecular flexibility index (Phi) is 7.51. The van der Waals surface area contributed by atoms with Crippen LogP contribution in [0, 0.1) is 23.7 Å². The largest absolute Gasteiger partial charge is 0.481 e. The first-order valence-electron chi connectivity index (χ1n) is 12.1. The van der Waals surface area contributed by atoms with Crippen LogP contribution in [0.1, 0.15) is 61.6 Å². The van der Waals surface area contributed by atoms with Gasteiger partial charge in [-0.25, -0.2) is 0 Å². The predicted octanol–water partition coefficient (Wildman–Crippen LogP) is 7.51. The normalized spacial score (nSPS) is 21.8. The van der Waals surface area contributed by atoms with Gasteiger partial charge in [0.05, 0.1) is 29.0 Å². The number of anilines is 1. The molecule has 0 aromatic heterocycles. The molecular weight excluding hydrogens is 491 g/mol. The van der Waals surface area contributed by atoms with Crippen molar-refractivity contribution in [3.05, 3.63) is 70.3 Å². The lowest BCUT2D eigenvalue weighted by molar-refractivity contribution is -0.189. The first kappa shape index (κ1) is 26.3. The molecule has 0 aliphatic heterocycles. The molecule has 0 heterocycles. The Morgan fingerprint density at radius 1 is 1.17 bits per heavy atom. The van der Waals surface area contributed by atoms with E-state index < -0.39 is 35.8 Å². The minimum absolute atomic E-state index is 0.0583. The lowest BCUT2D eigenvalue weighted by Gasteiger charge is -2.36. The summed E-state index contributed by atoms with van der Waals surface area (Å²) in [5.41, 5.74) is 2.74. The van der Waals surface area contributed by atoms with Gasteiger partial charge in [0, 0.05) is 0 Å². The molecule has 2 aliphatic rings.